The van der Waals surface area contributed by atoms with Crippen LogP contribution < -0.4 is 0 Å². The van der Waals surface area contributed by atoms with Crippen molar-refractivity contribution in [3.63, 3.8) is 0 Å². The van der Waals surface area contributed by atoms with Gasteiger partial charge in [-0.15, -0.1) is 0 Å². The molecule has 0 amide bonds. The lowest BCUT2D eigenvalue weighted by atomic mass is 10.1. The molecule has 0 bridgehead atoms. The molecule has 1 saturated heterocycles. The Balaban J connectivity index is 2.32. The maximum Gasteiger partial charge on any atom is 0.327 e. The van der Waals surface area contributed by atoms with E-state index in [0.29, 0.717) is 5.69 Å². The predicted molar refractivity (Wildman–Crippen MR) is 59.1 cm³/mol. The Kier molecular flexibility index (Phi) is 2.96. The molecule has 1 unspecified atom stereocenters. The van der Waals surface area contributed by atoms with Crippen LogP contribution in [0.15, 0.2) is 6.33 Å². The number of hydrogen-bond donors (Lipinski definition) is 1. The molecule has 1 aromatic heterocycles. The molecular formula is C11H17N3O2. The van der Waals surface area contributed by atoms with Gasteiger partial charge >= 0.3 is 5.97 Å². The number of imidazole rings is 1. The molecule has 88 valence electrons. The standard InChI is InChI=1S/C11H17N3O2/c1-8-9(12-7-13(8)2)10(11(15)16)14-5-3-4-6-14/h7,10H,3-6H2,1-2H3,(H,15,16). The van der Waals surface area contributed by atoms with Gasteiger partial charge in [0.25, 0.3) is 0 Å². The summed E-state index contributed by atoms with van der Waals surface area (Å²) in [6.45, 7) is 3.62. The molecule has 1 N–H and O–H groups in total. The molecule has 1 aliphatic rings. The van der Waals surface area contributed by atoms with Gasteiger partial charge in [0.05, 0.1) is 12.0 Å². The smallest absolute Gasteiger partial charge is 0.327 e. The fourth-order valence-electron chi connectivity index (χ4n) is 2.22. The number of likely N-dealkylation sites (tertiary alicyclic amines) is 1. The minimum Gasteiger partial charge on any atom is -0.480 e. The number of nitrogens with zero attached hydrogens (tertiary/aromatic N) is 3. The molecule has 5 heteroatoms. The molecule has 0 radical (unpaired) electrons. The molecule has 5 nitrogen and oxygen atoms in total. The highest BCUT2D eigenvalue weighted by Crippen LogP contribution is 2.26. The van der Waals surface area contributed by atoms with E-state index in [2.05, 4.69) is 4.98 Å². The first kappa shape index (κ1) is 11.1. The SMILES string of the molecule is Cc1c(C(C(=O)O)N2CCCC2)ncn1C. The van der Waals surface area contributed by atoms with E-state index in [4.69, 9.17) is 0 Å². The quantitative estimate of drug-likeness (QED) is 0.829. The Hall–Kier alpha value is -1.36. The first-order valence-electron chi connectivity index (χ1n) is 5.56. The number of carboxylic acid groups (broad SMARTS) is 1. The number of hydrogen-bond acceptors (Lipinski definition) is 3. The van der Waals surface area contributed by atoms with Gasteiger partial charge in [-0.3, -0.25) is 9.69 Å². The Labute approximate surface area is 94.7 Å². The lowest BCUT2D eigenvalue weighted by Crippen LogP contribution is -2.32. The van der Waals surface area contributed by atoms with E-state index in [0.717, 1.165) is 31.6 Å². The summed E-state index contributed by atoms with van der Waals surface area (Å²) in [5, 5.41) is 9.33. The highest BCUT2D eigenvalue weighted by Gasteiger charge is 2.32. The van der Waals surface area contributed by atoms with Crippen LogP contribution in [0.5, 0.6) is 0 Å². The summed E-state index contributed by atoms with van der Waals surface area (Å²) in [4.78, 5) is 17.6. The third kappa shape index (κ3) is 1.82. The van der Waals surface area contributed by atoms with Crippen molar-refractivity contribution in [3.05, 3.63) is 17.7 Å². The third-order valence-corrected chi connectivity index (χ3v) is 3.27. The van der Waals surface area contributed by atoms with Crippen molar-refractivity contribution in [2.75, 3.05) is 13.1 Å². The molecule has 2 rings (SSSR count). The number of aliphatic carboxylic acids is 1. The minimum absolute atomic E-state index is 0.580. The highest BCUT2D eigenvalue weighted by atomic mass is 16.4. The van der Waals surface area contributed by atoms with Crippen LogP contribution in [-0.4, -0.2) is 38.6 Å². The van der Waals surface area contributed by atoms with Gasteiger partial charge in [0, 0.05) is 12.7 Å². The molecule has 0 aromatic carbocycles. The lowest BCUT2D eigenvalue weighted by molar-refractivity contribution is -0.143. The lowest BCUT2D eigenvalue weighted by Gasteiger charge is -2.22. The summed E-state index contributed by atoms with van der Waals surface area (Å²) >= 11 is 0. The number of carbonyl (C=O) groups is 1. The molecule has 1 atom stereocenters. The highest BCUT2D eigenvalue weighted by molar-refractivity contribution is 5.75. The van der Waals surface area contributed by atoms with Gasteiger partial charge < -0.3 is 9.67 Å². The van der Waals surface area contributed by atoms with Crippen molar-refractivity contribution >= 4 is 5.97 Å². The van der Waals surface area contributed by atoms with Crippen LogP contribution in [0, 0.1) is 6.92 Å². The van der Waals surface area contributed by atoms with Crippen molar-refractivity contribution in [1.29, 1.82) is 0 Å². The Bertz CT molecular complexity index is 394. The second-order valence-electron chi connectivity index (χ2n) is 4.31. The van der Waals surface area contributed by atoms with E-state index < -0.39 is 12.0 Å². The van der Waals surface area contributed by atoms with Gasteiger partial charge in [-0.25, -0.2) is 4.98 Å². The summed E-state index contributed by atoms with van der Waals surface area (Å²) in [7, 11) is 1.88. The van der Waals surface area contributed by atoms with Crippen LogP contribution >= 0.6 is 0 Å². The first-order chi connectivity index (χ1) is 7.61. The average molecular weight is 223 g/mol. The molecule has 1 aliphatic heterocycles. The molecule has 16 heavy (non-hydrogen) atoms. The normalized spacial score (nSPS) is 18.9. The summed E-state index contributed by atoms with van der Waals surface area (Å²) in [5.41, 5.74) is 1.61. The molecule has 0 aliphatic carbocycles. The molecule has 0 spiro atoms. The van der Waals surface area contributed by atoms with Gasteiger partial charge in [0.15, 0.2) is 6.04 Å². The number of rotatable bonds is 3. The summed E-state index contributed by atoms with van der Waals surface area (Å²) in [6, 6.07) is -0.580. The van der Waals surface area contributed by atoms with Gasteiger partial charge in [-0.1, -0.05) is 0 Å². The number of aryl methyl sites for hydroxylation is 1. The maximum atomic E-state index is 11.4. The van der Waals surface area contributed by atoms with Crippen LogP contribution in [0.3, 0.4) is 0 Å². The molecule has 1 aromatic rings. The third-order valence-electron chi connectivity index (χ3n) is 3.27. The fourth-order valence-corrected chi connectivity index (χ4v) is 2.22. The zero-order valence-electron chi connectivity index (χ0n) is 9.68. The number of carboxylic acids is 1. The van der Waals surface area contributed by atoms with Crippen molar-refractivity contribution in [3.8, 4) is 0 Å². The van der Waals surface area contributed by atoms with Crippen LogP contribution in [0.1, 0.15) is 30.3 Å². The molecule has 0 saturated carbocycles. The Morgan fingerprint density at radius 3 is 2.56 bits per heavy atom. The minimum atomic E-state index is -0.802. The van der Waals surface area contributed by atoms with E-state index >= 15 is 0 Å². The van der Waals surface area contributed by atoms with Crippen molar-refractivity contribution in [1.82, 2.24) is 14.5 Å². The molecular weight excluding hydrogens is 206 g/mol. The van der Waals surface area contributed by atoms with Gasteiger partial charge in [0.1, 0.15) is 0 Å². The summed E-state index contributed by atoms with van der Waals surface area (Å²) in [6.07, 6.45) is 3.84. The van der Waals surface area contributed by atoms with Crippen molar-refractivity contribution < 1.29 is 9.90 Å². The second kappa shape index (κ2) is 4.25. The zero-order chi connectivity index (χ0) is 11.7. The summed E-state index contributed by atoms with van der Waals surface area (Å²) < 4.78 is 1.86. The van der Waals surface area contributed by atoms with E-state index in [-0.39, 0.29) is 0 Å². The van der Waals surface area contributed by atoms with Crippen LogP contribution in [0.2, 0.25) is 0 Å². The van der Waals surface area contributed by atoms with E-state index in [1.54, 1.807) is 6.33 Å². The Morgan fingerprint density at radius 1 is 1.50 bits per heavy atom. The fraction of sp³-hybridized carbons (Fsp3) is 0.636. The predicted octanol–water partition coefficient (Wildman–Crippen LogP) is 0.950. The van der Waals surface area contributed by atoms with Crippen molar-refractivity contribution in [2.24, 2.45) is 7.05 Å². The molecule has 1 fully saturated rings. The van der Waals surface area contributed by atoms with E-state index in [1.807, 2.05) is 23.4 Å². The molecule has 2 heterocycles. The first-order valence-corrected chi connectivity index (χ1v) is 5.56. The largest absolute Gasteiger partial charge is 0.480 e. The monoisotopic (exact) mass is 223 g/mol. The van der Waals surface area contributed by atoms with Crippen LogP contribution in [0.25, 0.3) is 0 Å². The van der Waals surface area contributed by atoms with E-state index in [1.165, 1.54) is 0 Å². The van der Waals surface area contributed by atoms with E-state index in [9.17, 15) is 9.90 Å². The maximum absolute atomic E-state index is 11.4. The van der Waals surface area contributed by atoms with Gasteiger partial charge in [-0.2, -0.15) is 0 Å². The van der Waals surface area contributed by atoms with Gasteiger partial charge in [0.2, 0.25) is 0 Å². The van der Waals surface area contributed by atoms with Crippen LogP contribution in [-0.2, 0) is 11.8 Å². The van der Waals surface area contributed by atoms with Crippen LogP contribution in [0.4, 0.5) is 0 Å². The average Bonchev–Trinajstić information content (AvgIpc) is 2.83. The topological polar surface area (TPSA) is 58.4 Å². The van der Waals surface area contributed by atoms with Crippen molar-refractivity contribution in [2.45, 2.75) is 25.8 Å². The second-order valence-corrected chi connectivity index (χ2v) is 4.31. The number of aromatic nitrogens is 2. The Morgan fingerprint density at radius 2 is 2.12 bits per heavy atom. The summed E-state index contributed by atoms with van der Waals surface area (Å²) in [5.74, 6) is -0.802. The zero-order valence-corrected chi connectivity index (χ0v) is 9.68. The van der Waals surface area contributed by atoms with Gasteiger partial charge in [-0.05, 0) is 32.9 Å².